The van der Waals surface area contributed by atoms with Crippen molar-refractivity contribution < 1.29 is 9.59 Å². The summed E-state index contributed by atoms with van der Waals surface area (Å²) in [6.07, 6.45) is 5.67. The van der Waals surface area contributed by atoms with Gasteiger partial charge in [0.25, 0.3) is 0 Å². The van der Waals surface area contributed by atoms with E-state index in [4.69, 9.17) is 0 Å². The van der Waals surface area contributed by atoms with E-state index in [-0.39, 0.29) is 22.9 Å². The predicted molar refractivity (Wildman–Crippen MR) is 121 cm³/mol. The molecular weight excluding hydrogens is 410 g/mol. The van der Waals surface area contributed by atoms with Gasteiger partial charge in [-0.15, -0.1) is 10.2 Å². The molecule has 1 atom stereocenters. The SMILES string of the molecule is CC(C)C(=O)Nc1ccc(C(=O)C(C)Sc2nnc(-c3ccncc3)n2C2CC2)cc1. The molecule has 1 aromatic carbocycles. The molecule has 0 aliphatic heterocycles. The summed E-state index contributed by atoms with van der Waals surface area (Å²) in [5.41, 5.74) is 2.26. The van der Waals surface area contributed by atoms with E-state index in [0.29, 0.717) is 17.3 Å². The Kier molecular flexibility index (Phi) is 6.18. The zero-order chi connectivity index (χ0) is 22.0. The highest BCUT2D eigenvalue weighted by molar-refractivity contribution is 8.00. The van der Waals surface area contributed by atoms with E-state index in [1.165, 1.54) is 11.8 Å². The van der Waals surface area contributed by atoms with E-state index in [1.54, 1.807) is 36.7 Å². The smallest absolute Gasteiger partial charge is 0.226 e. The number of carbonyl (C=O) groups excluding carboxylic acids is 2. The summed E-state index contributed by atoms with van der Waals surface area (Å²) in [6, 6.07) is 11.3. The second kappa shape index (κ2) is 9.01. The van der Waals surface area contributed by atoms with Crippen molar-refractivity contribution in [2.45, 2.75) is 50.1 Å². The van der Waals surface area contributed by atoms with Crippen LogP contribution in [0.5, 0.6) is 0 Å². The van der Waals surface area contributed by atoms with Gasteiger partial charge in [0, 0.05) is 41.2 Å². The molecule has 1 saturated carbocycles. The van der Waals surface area contributed by atoms with E-state index in [1.807, 2.05) is 32.9 Å². The molecule has 1 amide bonds. The summed E-state index contributed by atoms with van der Waals surface area (Å²) >= 11 is 1.43. The second-order valence-corrected chi connectivity index (χ2v) is 9.30. The van der Waals surface area contributed by atoms with Crippen molar-refractivity contribution in [2.24, 2.45) is 5.92 Å². The molecule has 7 nitrogen and oxygen atoms in total. The molecule has 2 aromatic heterocycles. The van der Waals surface area contributed by atoms with Crippen LogP contribution in [0, 0.1) is 5.92 Å². The van der Waals surface area contributed by atoms with Gasteiger partial charge in [0.15, 0.2) is 16.8 Å². The molecule has 0 bridgehead atoms. The number of hydrogen-bond donors (Lipinski definition) is 1. The Labute approximate surface area is 185 Å². The number of carbonyl (C=O) groups is 2. The maximum atomic E-state index is 13.0. The number of anilines is 1. The van der Waals surface area contributed by atoms with Crippen LogP contribution >= 0.6 is 11.8 Å². The van der Waals surface area contributed by atoms with Crippen molar-refractivity contribution in [3.05, 3.63) is 54.4 Å². The minimum absolute atomic E-state index is 0.0162. The molecule has 2 heterocycles. The number of Topliss-reactive ketones (excluding diaryl/α,β-unsaturated/α-hetero) is 1. The quantitative estimate of drug-likeness (QED) is 0.410. The average Bonchev–Trinajstić information content (AvgIpc) is 3.54. The van der Waals surface area contributed by atoms with Crippen LogP contribution in [0.4, 0.5) is 5.69 Å². The first-order valence-corrected chi connectivity index (χ1v) is 11.3. The first-order chi connectivity index (χ1) is 14.9. The molecule has 1 unspecified atom stereocenters. The van der Waals surface area contributed by atoms with Gasteiger partial charge in [0.05, 0.1) is 5.25 Å². The van der Waals surface area contributed by atoms with Crippen LogP contribution in [0.3, 0.4) is 0 Å². The number of pyridine rings is 1. The Morgan fingerprint density at radius 3 is 2.32 bits per heavy atom. The Bertz CT molecular complexity index is 1080. The minimum atomic E-state index is -0.317. The Balaban J connectivity index is 1.48. The molecule has 4 rings (SSSR count). The lowest BCUT2D eigenvalue weighted by molar-refractivity contribution is -0.118. The molecule has 0 saturated heterocycles. The van der Waals surface area contributed by atoms with Gasteiger partial charge < -0.3 is 5.32 Å². The lowest BCUT2D eigenvalue weighted by Gasteiger charge is -2.13. The summed E-state index contributed by atoms with van der Waals surface area (Å²) < 4.78 is 2.15. The highest BCUT2D eigenvalue weighted by atomic mass is 32.2. The van der Waals surface area contributed by atoms with Gasteiger partial charge in [-0.3, -0.25) is 19.1 Å². The molecule has 0 radical (unpaired) electrons. The number of amides is 1. The third-order valence-corrected chi connectivity index (χ3v) is 6.18. The molecule has 31 heavy (non-hydrogen) atoms. The van der Waals surface area contributed by atoms with E-state index < -0.39 is 0 Å². The number of rotatable bonds is 8. The number of nitrogens with zero attached hydrogens (tertiary/aromatic N) is 4. The number of nitrogens with one attached hydrogen (secondary N) is 1. The zero-order valence-corrected chi connectivity index (χ0v) is 18.6. The van der Waals surface area contributed by atoms with E-state index in [9.17, 15) is 9.59 Å². The molecule has 1 aliphatic rings. The van der Waals surface area contributed by atoms with Crippen molar-refractivity contribution in [3.8, 4) is 11.4 Å². The molecule has 3 aromatic rings. The molecule has 0 spiro atoms. The monoisotopic (exact) mass is 435 g/mol. The Morgan fingerprint density at radius 2 is 1.71 bits per heavy atom. The summed E-state index contributed by atoms with van der Waals surface area (Å²) in [6.45, 7) is 5.57. The fourth-order valence-electron chi connectivity index (χ4n) is 3.17. The van der Waals surface area contributed by atoms with Gasteiger partial charge in [-0.25, -0.2) is 0 Å². The van der Waals surface area contributed by atoms with Crippen LogP contribution in [0.1, 0.15) is 50.0 Å². The lowest BCUT2D eigenvalue weighted by atomic mass is 10.1. The number of hydrogen-bond acceptors (Lipinski definition) is 6. The van der Waals surface area contributed by atoms with Crippen molar-refractivity contribution in [1.29, 1.82) is 0 Å². The van der Waals surface area contributed by atoms with Crippen LogP contribution in [0.25, 0.3) is 11.4 Å². The largest absolute Gasteiger partial charge is 0.326 e. The number of aromatic nitrogens is 4. The number of thioether (sulfide) groups is 1. The van der Waals surface area contributed by atoms with Gasteiger partial charge in [0.1, 0.15) is 0 Å². The fraction of sp³-hybridized carbons (Fsp3) is 0.348. The van der Waals surface area contributed by atoms with Gasteiger partial charge in [-0.2, -0.15) is 0 Å². The molecule has 1 aliphatic carbocycles. The standard InChI is InChI=1S/C23H25N5O2S/c1-14(2)22(30)25-18-6-4-16(5-7-18)20(29)15(3)31-23-27-26-21(28(23)19-8-9-19)17-10-12-24-13-11-17/h4-7,10-15,19H,8-9H2,1-3H3,(H,25,30). The first-order valence-electron chi connectivity index (χ1n) is 10.4. The molecule has 160 valence electrons. The average molecular weight is 436 g/mol. The van der Waals surface area contributed by atoms with Gasteiger partial charge in [0.2, 0.25) is 5.91 Å². The normalized spacial score (nSPS) is 14.5. The summed E-state index contributed by atoms with van der Waals surface area (Å²) in [4.78, 5) is 28.9. The Morgan fingerprint density at radius 1 is 1.03 bits per heavy atom. The summed E-state index contributed by atoms with van der Waals surface area (Å²) in [5.74, 6) is 0.686. The van der Waals surface area contributed by atoms with Crippen LogP contribution in [-0.4, -0.2) is 36.7 Å². The molecule has 1 fully saturated rings. The maximum absolute atomic E-state index is 13.0. The predicted octanol–water partition coefficient (Wildman–Crippen LogP) is 4.63. The lowest BCUT2D eigenvalue weighted by Crippen LogP contribution is -2.18. The third-order valence-electron chi connectivity index (χ3n) is 5.13. The van der Waals surface area contributed by atoms with Crippen molar-refractivity contribution in [2.75, 3.05) is 5.32 Å². The van der Waals surface area contributed by atoms with Crippen molar-refractivity contribution in [1.82, 2.24) is 19.7 Å². The highest BCUT2D eigenvalue weighted by Crippen LogP contribution is 2.41. The van der Waals surface area contributed by atoms with Crippen LogP contribution in [0.15, 0.2) is 53.9 Å². The van der Waals surface area contributed by atoms with Crippen LogP contribution in [0.2, 0.25) is 0 Å². The van der Waals surface area contributed by atoms with Crippen molar-refractivity contribution >= 4 is 29.1 Å². The van der Waals surface area contributed by atoms with E-state index in [0.717, 1.165) is 29.4 Å². The van der Waals surface area contributed by atoms with Gasteiger partial charge in [-0.05, 0) is 56.2 Å². The molecular formula is C23H25N5O2S. The van der Waals surface area contributed by atoms with Gasteiger partial charge in [-0.1, -0.05) is 25.6 Å². The van der Waals surface area contributed by atoms with E-state index >= 15 is 0 Å². The molecule has 8 heteroatoms. The first kappa shape index (κ1) is 21.2. The van der Waals surface area contributed by atoms with Gasteiger partial charge >= 0.3 is 0 Å². The summed E-state index contributed by atoms with van der Waals surface area (Å²) in [7, 11) is 0. The maximum Gasteiger partial charge on any atom is 0.226 e. The van der Waals surface area contributed by atoms with Crippen LogP contribution in [-0.2, 0) is 4.79 Å². The number of benzene rings is 1. The molecule has 1 N–H and O–H groups in total. The Hall–Kier alpha value is -3.00. The topological polar surface area (TPSA) is 89.8 Å². The number of ketones is 1. The summed E-state index contributed by atoms with van der Waals surface area (Å²) in [5, 5.41) is 12.1. The highest BCUT2D eigenvalue weighted by Gasteiger charge is 2.31. The minimum Gasteiger partial charge on any atom is -0.326 e. The van der Waals surface area contributed by atoms with E-state index in [2.05, 4.69) is 25.1 Å². The zero-order valence-electron chi connectivity index (χ0n) is 17.8. The fourth-order valence-corrected chi connectivity index (χ4v) is 4.16. The van der Waals surface area contributed by atoms with Crippen LogP contribution < -0.4 is 5.32 Å². The third kappa shape index (κ3) is 4.85. The van der Waals surface area contributed by atoms with Crippen molar-refractivity contribution in [3.63, 3.8) is 0 Å². The second-order valence-electron chi connectivity index (χ2n) is 7.99.